The van der Waals surface area contributed by atoms with Crippen molar-refractivity contribution in [2.75, 3.05) is 7.05 Å². The van der Waals surface area contributed by atoms with E-state index in [0.717, 1.165) is 22.3 Å². The average Bonchev–Trinajstić information content (AvgIpc) is 2.87. The van der Waals surface area contributed by atoms with E-state index in [1.165, 1.54) is 7.05 Å². The zero-order valence-electron chi connectivity index (χ0n) is 10.5. The van der Waals surface area contributed by atoms with Gasteiger partial charge in [-0.25, -0.2) is 13.2 Å². The van der Waals surface area contributed by atoms with E-state index < -0.39 is 33.8 Å². The lowest BCUT2D eigenvalue weighted by Gasteiger charge is -2.11. The van der Waals surface area contributed by atoms with Crippen molar-refractivity contribution in [3.63, 3.8) is 0 Å². The average molecular weight is 397 g/mol. The fraction of sp³-hybridized carbons (Fsp3) is 0.300. The maximum atomic E-state index is 12.2. The highest BCUT2D eigenvalue weighted by Gasteiger charge is 2.39. The molecular formula is C10H9BrN2O6S2. The number of thiophene rings is 1. The van der Waals surface area contributed by atoms with Gasteiger partial charge in [0.2, 0.25) is 21.8 Å². The molecule has 0 aliphatic carbocycles. The Morgan fingerprint density at radius 1 is 1.52 bits per heavy atom. The van der Waals surface area contributed by atoms with Crippen LogP contribution in [0.25, 0.3) is 0 Å². The summed E-state index contributed by atoms with van der Waals surface area (Å²) < 4.78 is 26.6. The largest absolute Gasteiger partial charge is 0.477 e. The second-order valence-corrected chi connectivity index (χ2v) is 8.28. The van der Waals surface area contributed by atoms with Gasteiger partial charge in [-0.3, -0.25) is 14.5 Å². The van der Waals surface area contributed by atoms with Crippen LogP contribution in [-0.4, -0.2) is 49.3 Å². The van der Waals surface area contributed by atoms with Crippen molar-refractivity contribution >= 4 is 55.1 Å². The zero-order valence-corrected chi connectivity index (χ0v) is 13.7. The molecule has 1 fully saturated rings. The van der Waals surface area contributed by atoms with Gasteiger partial charge < -0.3 is 5.11 Å². The second-order valence-electron chi connectivity index (χ2n) is 4.22. The van der Waals surface area contributed by atoms with Crippen LogP contribution in [0.5, 0.6) is 0 Å². The van der Waals surface area contributed by atoms with Crippen molar-refractivity contribution in [1.29, 1.82) is 0 Å². The molecule has 0 bridgehead atoms. The van der Waals surface area contributed by atoms with Crippen molar-refractivity contribution in [3.8, 4) is 0 Å². The number of carboxylic acid groups (broad SMARTS) is 1. The Morgan fingerprint density at radius 3 is 2.57 bits per heavy atom. The Bertz CT molecular complexity index is 741. The molecule has 2 N–H and O–H groups in total. The summed E-state index contributed by atoms with van der Waals surface area (Å²) in [6.45, 7) is 0. The summed E-state index contributed by atoms with van der Waals surface area (Å²) in [5.74, 6) is -2.38. The minimum atomic E-state index is -4.12. The smallest absolute Gasteiger partial charge is 0.345 e. The lowest BCUT2D eigenvalue weighted by Crippen LogP contribution is -2.40. The molecule has 1 aliphatic rings. The van der Waals surface area contributed by atoms with Gasteiger partial charge in [0.25, 0.3) is 0 Å². The van der Waals surface area contributed by atoms with Crippen LogP contribution in [0, 0.1) is 0 Å². The highest BCUT2D eigenvalue weighted by molar-refractivity contribution is 9.11. The lowest BCUT2D eigenvalue weighted by atomic mass is 10.3. The van der Waals surface area contributed by atoms with Crippen LogP contribution in [0.15, 0.2) is 14.7 Å². The number of carbonyl (C=O) groups excluding carboxylic acids is 2. The SMILES string of the molecule is CN1C(=O)CC(NS(=O)(=O)c2cc(C(=O)O)sc2Br)C1=O. The maximum Gasteiger partial charge on any atom is 0.345 e. The fourth-order valence-corrected chi connectivity index (χ4v) is 5.33. The molecule has 1 aromatic heterocycles. The Morgan fingerprint density at radius 2 is 2.14 bits per heavy atom. The van der Waals surface area contributed by atoms with E-state index in [1.54, 1.807) is 0 Å². The number of hydrogen-bond acceptors (Lipinski definition) is 6. The first-order valence-electron chi connectivity index (χ1n) is 5.49. The summed E-state index contributed by atoms with van der Waals surface area (Å²) in [7, 11) is -2.85. The molecule has 1 aliphatic heterocycles. The number of carboxylic acids is 1. The van der Waals surface area contributed by atoms with E-state index in [4.69, 9.17) is 5.11 Å². The second kappa shape index (κ2) is 5.48. The maximum absolute atomic E-state index is 12.2. The van der Waals surface area contributed by atoms with Gasteiger partial charge in [-0.05, 0) is 22.0 Å². The molecule has 2 amide bonds. The van der Waals surface area contributed by atoms with Crippen LogP contribution in [0.2, 0.25) is 0 Å². The van der Waals surface area contributed by atoms with Gasteiger partial charge >= 0.3 is 5.97 Å². The summed E-state index contributed by atoms with van der Waals surface area (Å²) in [5, 5.41) is 8.85. The number of nitrogens with one attached hydrogen (secondary N) is 1. The molecule has 1 unspecified atom stereocenters. The Labute approximate surface area is 131 Å². The highest BCUT2D eigenvalue weighted by atomic mass is 79.9. The normalized spacial score (nSPS) is 19.3. The molecular weight excluding hydrogens is 388 g/mol. The third-order valence-corrected chi connectivity index (χ3v) is 6.55. The first kappa shape index (κ1) is 16.1. The van der Waals surface area contributed by atoms with Crippen molar-refractivity contribution < 1.29 is 27.9 Å². The Hall–Kier alpha value is -1.30. The highest BCUT2D eigenvalue weighted by Crippen LogP contribution is 2.32. The van der Waals surface area contributed by atoms with Gasteiger partial charge in [0.05, 0.1) is 10.2 Å². The monoisotopic (exact) mass is 396 g/mol. The van der Waals surface area contributed by atoms with Crippen LogP contribution in [0.3, 0.4) is 0 Å². The van der Waals surface area contributed by atoms with Crippen molar-refractivity contribution in [2.24, 2.45) is 0 Å². The fourth-order valence-electron chi connectivity index (χ4n) is 1.74. The minimum absolute atomic E-state index is 0.109. The molecule has 11 heteroatoms. The number of imide groups is 1. The Kier molecular flexibility index (Phi) is 4.19. The number of nitrogens with zero attached hydrogens (tertiary/aromatic N) is 1. The lowest BCUT2D eigenvalue weighted by molar-refractivity contribution is -0.137. The molecule has 0 saturated carbocycles. The van der Waals surface area contributed by atoms with Crippen molar-refractivity contribution in [2.45, 2.75) is 17.4 Å². The number of carbonyl (C=O) groups is 3. The van der Waals surface area contributed by atoms with E-state index in [-0.39, 0.29) is 20.0 Å². The molecule has 2 rings (SSSR count). The summed E-state index contributed by atoms with van der Waals surface area (Å²) in [4.78, 5) is 34.3. The number of sulfonamides is 1. The van der Waals surface area contributed by atoms with Crippen LogP contribution < -0.4 is 4.72 Å². The Balaban J connectivity index is 2.29. The van der Waals surface area contributed by atoms with E-state index in [2.05, 4.69) is 20.7 Å². The van der Waals surface area contributed by atoms with Gasteiger partial charge in [-0.1, -0.05) is 0 Å². The van der Waals surface area contributed by atoms with E-state index >= 15 is 0 Å². The van der Waals surface area contributed by atoms with Crippen LogP contribution in [0.4, 0.5) is 0 Å². The number of rotatable bonds is 4. The molecule has 2 heterocycles. The predicted octanol–water partition coefficient (Wildman–Crippen LogP) is 0.244. The third kappa shape index (κ3) is 3.00. The zero-order chi connectivity index (χ0) is 15.9. The summed E-state index contributed by atoms with van der Waals surface area (Å²) in [6.07, 6.45) is -0.262. The molecule has 0 aromatic carbocycles. The minimum Gasteiger partial charge on any atom is -0.477 e. The molecule has 8 nitrogen and oxygen atoms in total. The summed E-state index contributed by atoms with van der Waals surface area (Å²) in [5.41, 5.74) is 0. The van der Waals surface area contributed by atoms with Gasteiger partial charge in [0, 0.05) is 7.05 Å². The first-order chi connectivity index (χ1) is 9.63. The van der Waals surface area contributed by atoms with Gasteiger partial charge in [0.1, 0.15) is 15.8 Å². The molecule has 1 saturated heterocycles. The number of amides is 2. The number of hydrogen-bond donors (Lipinski definition) is 2. The number of likely N-dealkylation sites (N-methyl/N-ethyl adjacent to an activating group) is 1. The van der Waals surface area contributed by atoms with Crippen molar-refractivity contribution in [3.05, 3.63) is 14.7 Å². The number of aromatic carboxylic acids is 1. The molecule has 1 atom stereocenters. The van der Waals surface area contributed by atoms with E-state index in [0.29, 0.717) is 0 Å². The molecule has 0 spiro atoms. The summed E-state index contributed by atoms with van der Waals surface area (Å²) >= 11 is 3.73. The van der Waals surface area contributed by atoms with E-state index in [9.17, 15) is 22.8 Å². The van der Waals surface area contributed by atoms with Crippen molar-refractivity contribution in [1.82, 2.24) is 9.62 Å². The summed E-state index contributed by atoms with van der Waals surface area (Å²) in [6, 6.07) is -0.183. The van der Waals surface area contributed by atoms with Gasteiger partial charge in [-0.15, -0.1) is 11.3 Å². The number of likely N-dealkylation sites (tertiary alicyclic amines) is 1. The third-order valence-electron chi connectivity index (χ3n) is 2.83. The van der Waals surface area contributed by atoms with Gasteiger partial charge in [0.15, 0.2) is 0 Å². The molecule has 114 valence electrons. The molecule has 1 aromatic rings. The van der Waals surface area contributed by atoms with Crippen LogP contribution >= 0.6 is 27.3 Å². The van der Waals surface area contributed by atoms with Crippen LogP contribution in [-0.2, 0) is 19.6 Å². The number of halogens is 1. The van der Waals surface area contributed by atoms with Crippen LogP contribution in [0.1, 0.15) is 16.1 Å². The molecule has 0 radical (unpaired) electrons. The predicted molar refractivity (Wildman–Crippen MR) is 75.5 cm³/mol. The van der Waals surface area contributed by atoms with E-state index in [1.807, 2.05) is 0 Å². The molecule has 21 heavy (non-hydrogen) atoms. The topological polar surface area (TPSA) is 121 Å². The standard InChI is InChI=1S/C10H9BrN2O6S2/c1-13-7(14)2-4(9(13)15)12-21(18,19)6-3-5(10(16)17)20-8(6)11/h3-4,12H,2H2,1H3,(H,16,17). The van der Waals surface area contributed by atoms with Gasteiger partial charge in [-0.2, -0.15) is 4.72 Å². The first-order valence-corrected chi connectivity index (χ1v) is 8.58. The quantitative estimate of drug-likeness (QED) is 0.703.